The number of hydrogen-bond acceptors (Lipinski definition) is 6. The van der Waals surface area contributed by atoms with E-state index < -0.39 is 0 Å². The molecule has 166 valence electrons. The number of allylic oxidation sites excluding steroid dienone is 1. The molecule has 0 radical (unpaired) electrons. The fourth-order valence-corrected chi connectivity index (χ4v) is 5.90. The smallest absolute Gasteiger partial charge is 0.109 e. The van der Waals surface area contributed by atoms with Crippen molar-refractivity contribution in [1.82, 2.24) is 9.97 Å². The van der Waals surface area contributed by atoms with Crippen molar-refractivity contribution >= 4 is 45.4 Å². The quantitative estimate of drug-likeness (QED) is 0.374. The summed E-state index contributed by atoms with van der Waals surface area (Å²) in [6.45, 7) is 3.85. The molecule has 1 saturated carbocycles. The highest BCUT2D eigenvalue weighted by molar-refractivity contribution is 14.1. The summed E-state index contributed by atoms with van der Waals surface area (Å²) >= 11 is 2.50. The lowest BCUT2D eigenvalue weighted by Crippen LogP contribution is -2.47. The van der Waals surface area contributed by atoms with Crippen LogP contribution < -0.4 is 21.7 Å². The van der Waals surface area contributed by atoms with Crippen molar-refractivity contribution in [3.05, 3.63) is 48.1 Å². The maximum absolute atomic E-state index is 6.38. The van der Waals surface area contributed by atoms with Crippen LogP contribution in [-0.4, -0.2) is 33.0 Å². The summed E-state index contributed by atoms with van der Waals surface area (Å²) in [7, 11) is 0. The van der Waals surface area contributed by atoms with Crippen molar-refractivity contribution in [2.45, 2.75) is 61.3 Å². The van der Waals surface area contributed by atoms with E-state index in [1.807, 2.05) is 31.5 Å². The predicted molar refractivity (Wildman–Crippen MR) is 139 cm³/mol. The molecule has 31 heavy (non-hydrogen) atoms. The normalized spacial score (nSPS) is 23.1. The Hall–Kier alpha value is -1.87. The number of nitrogens with zero attached hydrogens (tertiary/aromatic N) is 3. The maximum atomic E-state index is 6.38. The molecular formula is C24H33IN6. The SMILES string of the molecule is CC=C(Nc1cnccc1N1C[C@@H](N)C[C@@H](I)C1)c1nc(C2CCCCC2)ccc1N. The second-order valence-corrected chi connectivity index (χ2v) is 10.5. The van der Waals surface area contributed by atoms with Gasteiger partial charge < -0.3 is 21.7 Å². The number of nitrogen functional groups attached to an aromatic ring is 1. The number of hydrogen-bond donors (Lipinski definition) is 3. The highest BCUT2D eigenvalue weighted by atomic mass is 127. The molecule has 2 fully saturated rings. The summed E-state index contributed by atoms with van der Waals surface area (Å²) in [4.78, 5) is 11.7. The third-order valence-corrected chi connectivity index (χ3v) is 7.26. The third kappa shape index (κ3) is 5.31. The second-order valence-electron chi connectivity index (χ2n) is 8.73. The van der Waals surface area contributed by atoms with E-state index in [2.05, 4.69) is 49.9 Å². The standard InChI is InChI=1S/C24H33IN6/c1-2-20(24-19(27)8-9-21(30-24)16-6-4-3-5-7-16)29-22-13-28-11-10-23(22)31-14-17(25)12-18(26)15-31/h2,8-11,13,16-18,29H,3-7,12,14-15,26-27H2,1H3/t17-,18+/m1/s1. The first-order valence-electron chi connectivity index (χ1n) is 11.3. The van der Waals surface area contributed by atoms with E-state index >= 15 is 0 Å². The van der Waals surface area contributed by atoms with Crippen LogP contribution in [0.25, 0.3) is 5.70 Å². The number of pyridine rings is 2. The largest absolute Gasteiger partial charge is 0.397 e. The molecule has 0 spiro atoms. The van der Waals surface area contributed by atoms with Crippen molar-refractivity contribution in [2.75, 3.05) is 29.0 Å². The van der Waals surface area contributed by atoms with Gasteiger partial charge in [-0.3, -0.25) is 4.98 Å². The number of anilines is 3. The first-order valence-corrected chi connectivity index (χ1v) is 12.6. The lowest BCUT2D eigenvalue weighted by atomic mass is 9.86. The van der Waals surface area contributed by atoms with Crippen molar-refractivity contribution in [1.29, 1.82) is 0 Å². The first-order chi connectivity index (χ1) is 15.0. The van der Waals surface area contributed by atoms with Gasteiger partial charge in [-0.15, -0.1) is 0 Å². The lowest BCUT2D eigenvalue weighted by Gasteiger charge is -2.36. The van der Waals surface area contributed by atoms with Gasteiger partial charge in [-0.05, 0) is 44.4 Å². The Balaban J connectivity index is 1.61. The van der Waals surface area contributed by atoms with E-state index in [1.54, 1.807) is 0 Å². The Labute approximate surface area is 199 Å². The number of aromatic nitrogens is 2. The zero-order chi connectivity index (χ0) is 21.8. The molecule has 2 aliphatic rings. The van der Waals surface area contributed by atoms with Crippen LogP contribution >= 0.6 is 22.6 Å². The number of nitrogens with two attached hydrogens (primary N) is 2. The van der Waals surface area contributed by atoms with E-state index in [1.165, 1.54) is 32.1 Å². The minimum absolute atomic E-state index is 0.183. The van der Waals surface area contributed by atoms with Gasteiger partial charge in [0.15, 0.2) is 0 Å². The fraction of sp³-hybridized carbons (Fsp3) is 0.500. The molecular weight excluding hydrogens is 499 g/mol. The van der Waals surface area contributed by atoms with Crippen LogP contribution in [0.2, 0.25) is 0 Å². The Kier molecular flexibility index (Phi) is 7.32. The molecule has 2 atom stereocenters. The van der Waals surface area contributed by atoms with Gasteiger partial charge in [-0.1, -0.05) is 47.9 Å². The summed E-state index contributed by atoms with van der Waals surface area (Å²) in [5.41, 5.74) is 18.3. The van der Waals surface area contributed by atoms with E-state index in [4.69, 9.17) is 16.5 Å². The van der Waals surface area contributed by atoms with Crippen LogP contribution in [0.5, 0.6) is 0 Å². The van der Waals surface area contributed by atoms with Crippen LogP contribution in [0, 0.1) is 0 Å². The van der Waals surface area contributed by atoms with Crippen LogP contribution in [-0.2, 0) is 0 Å². The van der Waals surface area contributed by atoms with Gasteiger partial charge in [0.05, 0.1) is 29.0 Å². The van der Waals surface area contributed by atoms with Crippen molar-refractivity contribution in [3.8, 4) is 0 Å². The topological polar surface area (TPSA) is 93.1 Å². The summed E-state index contributed by atoms with van der Waals surface area (Å²) < 4.78 is 0.535. The van der Waals surface area contributed by atoms with Crippen molar-refractivity contribution < 1.29 is 0 Å². The summed E-state index contributed by atoms with van der Waals surface area (Å²) in [6, 6.07) is 6.35. The van der Waals surface area contributed by atoms with Gasteiger partial charge in [-0.2, -0.15) is 0 Å². The highest BCUT2D eigenvalue weighted by Crippen LogP contribution is 2.35. The molecule has 4 rings (SSSR count). The molecule has 2 aromatic heterocycles. The maximum Gasteiger partial charge on any atom is 0.109 e. The second kappa shape index (κ2) is 10.2. The van der Waals surface area contributed by atoms with Gasteiger partial charge in [0, 0.05) is 40.9 Å². The van der Waals surface area contributed by atoms with Gasteiger partial charge in [0.2, 0.25) is 0 Å². The zero-order valence-electron chi connectivity index (χ0n) is 18.2. The van der Waals surface area contributed by atoms with Crippen LogP contribution in [0.1, 0.15) is 62.8 Å². The molecule has 5 N–H and O–H groups in total. The highest BCUT2D eigenvalue weighted by Gasteiger charge is 2.25. The number of halogens is 1. The molecule has 1 saturated heterocycles. The number of rotatable bonds is 5. The molecule has 6 nitrogen and oxygen atoms in total. The average Bonchev–Trinajstić information content (AvgIpc) is 2.78. The van der Waals surface area contributed by atoms with Crippen molar-refractivity contribution in [2.24, 2.45) is 5.73 Å². The molecule has 7 heteroatoms. The van der Waals surface area contributed by atoms with Crippen LogP contribution in [0.15, 0.2) is 36.7 Å². The fourth-order valence-electron chi connectivity index (χ4n) is 4.77. The van der Waals surface area contributed by atoms with Crippen LogP contribution in [0.3, 0.4) is 0 Å². The molecule has 2 aromatic rings. The van der Waals surface area contributed by atoms with Gasteiger partial charge in [0.1, 0.15) is 5.69 Å². The Morgan fingerprint density at radius 1 is 1.19 bits per heavy atom. The monoisotopic (exact) mass is 532 g/mol. The average molecular weight is 532 g/mol. The van der Waals surface area contributed by atoms with Gasteiger partial charge in [-0.25, -0.2) is 4.98 Å². The zero-order valence-corrected chi connectivity index (χ0v) is 20.4. The summed E-state index contributed by atoms with van der Waals surface area (Å²) in [5, 5.41) is 3.58. The third-order valence-electron chi connectivity index (χ3n) is 6.36. The van der Waals surface area contributed by atoms with Gasteiger partial charge in [0.25, 0.3) is 0 Å². The minimum atomic E-state index is 0.183. The molecule has 0 bridgehead atoms. The van der Waals surface area contributed by atoms with E-state index in [-0.39, 0.29) is 6.04 Å². The van der Waals surface area contributed by atoms with Crippen molar-refractivity contribution in [3.63, 3.8) is 0 Å². The lowest BCUT2D eigenvalue weighted by molar-refractivity contribution is 0.436. The molecule has 0 aromatic carbocycles. The minimum Gasteiger partial charge on any atom is -0.397 e. The first kappa shape index (κ1) is 22.3. The Morgan fingerprint density at radius 2 is 2.00 bits per heavy atom. The van der Waals surface area contributed by atoms with Gasteiger partial charge >= 0.3 is 0 Å². The van der Waals surface area contributed by atoms with E-state index in [0.29, 0.717) is 15.5 Å². The summed E-state index contributed by atoms with van der Waals surface area (Å²) in [6.07, 6.45) is 13.2. The number of piperidine rings is 1. The molecule has 0 amide bonds. The number of alkyl halides is 1. The van der Waals surface area contributed by atoms with Crippen LogP contribution in [0.4, 0.5) is 17.1 Å². The molecule has 0 unspecified atom stereocenters. The number of nitrogens with one attached hydrogen (secondary N) is 1. The Bertz CT molecular complexity index is 914. The van der Waals surface area contributed by atoms with E-state index in [9.17, 15) is 0 Å². The molecule has 3 heterocycles. The predicted octanol–water partition coefficient (Wildman–Crippen LogP) is 4.92. The Morgan fingerprint density at radius 3 is 2.74 bits per heavy atom. The van der Waals surface area contributed by atoms with E-state index in [0.717, 1.165) is 48.0 Å². The molecule has 1 aliphatic heterocycles. The molecule has 1 aliphatic carbocycles. The summed E-state index contributed by atoms with van der Waals surface area (Å²) in [5.74, 6) is 0.538.